The van der Waals surface area contributed by atoms with Gasteiger partial charge in [-0.25, -0.2) is 4.79 Å². The summed E-state index contributed by atoms with van der Waals surface area (Å²) in [7, 11) is 0. The fourth-order valence-electron chi connectivity index (χ4n) is 3.33. The SMILES string of the molecule is O=c1oc2ccccc2c2oc(Nc3ccccc3)c(-c3ccccc3)c12. The fraction of sp³-hybridized carbons (Fsp3) is 0. The van der Waals surface area contributed by atoms with Crippen molar-refractivity contribution < 1.29 is 8.83 Å². The van der Waals surface area contributed by atoms with Gasteiger partial charge in [-0.05, 0) is 29.8 Å². The number of rotatable bonds is 3. The molecule has 0 saturated carbocycles. The highest BCUT2D eigenvalue weighted by Crippen LogP contribution is 2.40. The third-order valence-electron chi connectivity index (χ3n) is 4.54. The Hall–Kier alpha value is -3.79. The number of para-hydroxylation sites is 2. The first kappa shape index (κ1) is 15.5. The van der Waals surface area contributed by atoms with Crippen LogP contribution in [0.2, 0.25) is 0 Å². The van der Waals surface area contributed by atoms with Crippen LogP contribution in [-0.2, 0) is 0 Å². The Labute approximate surface area is 154 Å². The molecule has 2 aromatic heterocycles. The van der Waals surface area contributed by atoms with E-state index in [9.17, 15) is 4.79 Å². The van der Waals surface area contributed by atoms with Crippen LogP contribution >= 0.6 is 0 Å². The Bertz CT molecular complexity index is 1300. The largest absolute Gasteiger partial charge is 0.439 e. The molecule has 0 amide bonds. The third kappa shape index (κ3) is 2.59. The van der Waals surface area contributed by atoms with Gasteiger partial charge in [-0.15, -0.1) is 0 Å². The first-order valence-electron chi connectivity index (χ1n) is 8.67. The Balaban J connectivity index is 1.86. The second-order valence-corrected chi connectivity index (χ2v) is 6.25. The summed E-state index contributed by atoms with van der Waals surface area (Å²) >= 11 is 0. The Morgan fingerprint density at radius 1 is 0.704 bits per heavy atom. The molecule has 0 aliphatic rings. The van der Waals surface area contributed by atoms with Crippen molar-refractivity contribution in [1.29, 1.82) is 0 Å². The first-order valence-corrected chi connectivity index (χ1v) is 8.67. The zero-order chi connectivity index (χ0) is 18.2. The van der Waals surface area contributed by atoms with E-state index in [4.69, 9.17) is 8.83 Å². The molecule has 0 aliphatic heterocycles. The van der Waals surface area contributed by atoms with Crippen LogP contribution < -0.4 is 10.9 Å². The molecule has 4 nitrogen and oxygen atoms in total. The normalized spacial score (nSPS) is 11.1. The molecule has 130 valence electrons. The van der Waals surface area contributed by atoms with E-state index >= 15 is 0 Å². The van der Waals surface area contributed by atoms with Crippen LogP contribution in [0.1, 0.15) is 0 Å². The summed E-state index contributed by atoms with van der Waals surface area (Å²) in [6.45, 7) is 0. The average molecular weight is 353 g/mol. The third-order valence-corrected chi connectivity index (χ3v) is 4.54. The van der Waals surface area contributed by atoms with Gasteiger partial charge < -0.3 is 14.2 Å². The van der Waals surface area contributed by atoms with Gasteiger partial charge >= 0.3 is 5.63 Å². The monoisotopic (exact) mass is 353 g/mol. The van der Waals surface area contributed by atoms with E-state index < -0.39 is 5.63 Å². The van der Waals surface area contributed by atoms with Gasteiger partial charge in [0.15, 0.2) is 5.58 Å². The molecule has 0 bridgehead atoms. The minimum atomic E-state index is -0.410. The molecule has 0 saturated heterocycles. The zero-order valence-corrected chi connectivity index (χ0v) is 14.3. The van der Waals surface area contributed by atoms with Gasteiger partial charge in [0, 0.05) is 5.69 Å². The lowest BCUT2D eigenvalue weighted by molar-refractivity contribution is 0.566. The molecule has 1 N–H and O–H groups in total. The van der Waals surface area contributed by atoms with Gasteiger partial charge in [-0.3, -0.25) is 0 Å². The second kappa shape index (κ2) is 6.18. The topological polar surface area (TPSA) is 55.4 Å². The van der Waals surface area contributed by atoms with E-state index in [2.05, 4.69) is 5.32 Å². The smallest absolute Gasteiger partial charge is 0.348 e. The van der Waals surface area contributed by atoms with Gasteiger partial charge in [0.05, 0.1) is 10.9 Å². The lowest BCUT2D eigenvalue weighted by Crippen LogP contribution is -2.00. The summed E-state index contributed by atoms with van der Waals surface area (Å²) in [5.74, 6) is 0.519. The highest BCUT2D eigenvalue weighted by atomic mass is 16.4. The van der Waals surface area contributed by atoms with Crippen LogP contribution in [0.15, 0.2) is 98.6 Å². The highest BCUT2D eigenvalue weighted by molar-refractivity contribution is 6.10. The summed E-state index contributed by atoms with van der Waals surface area (Å²) < 4.78 is 11.7. The summed E-state index contributed by atoms with van der Waals surface area (Å²) in [4.78, 5) is 12.8. The molecule has 27 heavy (non-hydrogen) atoms. The minimum Gasteiger partial charge on any atom is -0.439 e. The fourth-order valence-corrected chi connectivity index (χ4v) is 3.33. The van der Waals surface area contributed by atoms with Crippen LogP contribution in [-0.4, -0.2) is 0 Å². The Kier molecular flexibility index (Phi) is 3.54. The predicted molar refractivity (Wildman–Crippen MR) is 107 cm³/mol. The van der Waals surface area contributed by atoms with Crippen LogP contribution in [0.4, 0.5) is 11.6 Å². The van der Waals surface area contributed by atoms with Crippen molar-refractivity contribution in [2.45, 2.75) is 0 Å². The summed E-state index contributed by atoms with van der Waals surface area (Å²) in [6, 6.07) is 26.8. The van der Waals surface area contributed by atoms with E-state index in [0.29, 0.717) is 28.0 Å². The highest BCUT2D eigenvalue weighted by Gasteiger charge is 2.22. The van der Waals surface area contributed by atoms with Gasteiger partial charge in [0.1, 0.15) is 11.0 Å². The minimum absolute atomic E-state index is 0.410. The molecule has 5 rings (SSSR count). The van der Waals surface area contributed by atoms with Gasteiger partial charge in [0.25, 0.3) is 0 Å². The molecule has 4 heteroatoms. The first-order chi connectivity index (χ1) is 13.3. The average Bonchev–Trinajstić information content (AvgIpc) is 3.09. The number of furan rings is 1. The summed E-state index contributed by atoms with van der Waals surface area (Å²) in [5, 5.41) is 4.52. The second-order valence-electron chi connectivity index (χ2n) is 6.25. The molecule has 0 fully saturated rings. The number of hydrogen-bond acceptors (Lipinski definition) is 4. The molecule has 5 aromatic rings. The molecule has 0 spiro atoms. The lowest BCUT2D eigenvalue weighted by Gasteiger charge is -2.06. The van der Waals surface area contributed by atoms with Gasteiger partial charge in [-0.2, -0.15) is 0 Å². The van der Waals surface area contributed by atoms with E-state index in [0.717, 1.165) is 16.6 Å². The van der Waals surface area contributed by atoms with Crippen molar-refractivity contribution in [1.82, 2.24) is 0 Å². The summed E-state index contributed by atoms with van der Waals surface area (Å²) in [5.41, 5.74) is 3.09. The molecular weight excluding hydrogens is 338 g/mol. The van der Waals surface area contributed by atoms with E-state index in [1.807, 2.05) is 78.9 Å². The Morgan fingerprint density at radius 2 is 1.37 bits per heavy atom. The number of hydrogen-bond donors (Lipinski definition) is 1. The van der Waals surface area contributed by atoms with Crippen LogP contribution in [0.3, 0.4) is 0 Å². The quantitative estimate of drug-likeness (QED) is 0.407. The van der Waals surface area contributed by atoms with Crippen molar-refractivity contribution in [3.8, 4) is 11.1 Å². The number of nitrogens with one attached hydrogen (secondary N) is 1. The zero-order valence-electron chi connectivity index (χ0n) is 14.3. The molecule has 3 aromatic carbocycles. The van der Waals surface area contributed by atoms with Gasteiger partial charge in [-0.1, -0.05) is 60.7 Å². The molecular formula is C23H15NO3. The lowest BCUT2D eigenvalue weighted by atomic mass is 10.0. The van der Waals surface area contributed by atoms with Crippen molar-refractivity contribution in [3.63, 3.8) is 0 Å². The summed E-state index contributed by atoms with van der Waals surface area (Å²) in [6.07, 6.45) is 0. The van der Waals surface area contributed by atoms with Crippen molar-refractivity contribution in [3.05, 3.63) is 95.3 Å². The van der Waals surface area contributed by atoms with E-state index in [1.54, 1.807) is 6.07 Å². The molecule has 0 atom stereocenters. The molecule has 0 unspecified atom stereocenters. The molecule has 2 heterocycles. The maximum atomic E-state index is 12.8. The standard InChI is InChI=1S/C23H15NO3/c25-23-20-19(15-9-3-1-4-10-15)22(24-16-11-5-2-6-12-16)27-21(20)17-13-7-8-14-18(17)26-23/h1-14,24H. The van der Waals surface area contributed by atoms with E-state index in [1.165, 1.54) is 0 Å². The van der Waals surface area contributed by atoms with Crippen molar-refractivity contribution >= 4 is 33.5 Å². The van der Waals surface area contributed by atoms with Crippen LogP contribution in [0.25, 0.3) is 33.1 Å². The van der Waals surface area contributed by atoms with Crippen molar-refractivity contribution in [2.24, 2.45) is 0 Å². The van der Waals surface area contributed by atoms with Gasteiger partial charge in [0.2, 0.25) is 5.88 Å². The van der Waals surface area contributed by atoms with Crippen LogP contribution in [0, 0.1) is 0 Å². The maximum absolute atomic E-state index is 12.8. The molecule has 0 aliphatic carbocycles. The van der Waals surface area contributed by atoms with Crippen molar-refractivity contribution in [2.75, 3.05) is 5.32 Å². The predicted octanol–water partition coefficient (Wildman–Crippen LogP) is 5.95. The number of benzene rings is 3. The maximum Gasteiger partial charge on any atom is 0.348 e. The number of fused-ring (bicyclic) bond motifs is 3. The van der Waals surface area contributed by atoms with E-state index in [-0.39, 0.29) is 0 Å². The van der Waals surface area contributed by atoms with Crippen LogP contribution in [0.5, 0.6) is 0 Å². The Morgan fingerprint density at radius 3 is 2.15 bits per heavy atom. The number of anilines is 2. The molecule has 0 radical (unpaired) electrons.